The number of imidazole rings is 1. The molecule has 0 aliphatic heterocycles. The molecule has 0 aliphatic rings. The van der Waals surface area contributed by atoms with E-state index in [0.717, 1.165) is 6.08 Å². The minimum absolute atomic E-state index is 0.0890. The summed E-state index contributed by atoms with van der Waals surface area (Å²) in [5.74, 6) is -3.11. The van der Waals surface area contributed by atoms with Crippen LogP contribution in [-0.4, -0.2) is 21.0 Å². The van der Waals surface area contributed by atoms with Crippen LogP contribution in [0.5, 0.6) is 5.75 Å². The Kier molecular flexibility index (Phi) is 4.85. The lowest BCUT2D eigenvalue weighted by molar-refractivity contribution is 0.0699. The van der Waals surface area contributed by atoms with Gasteiger partial charge in [0.05, 0.1) is 11.1 Å². The lowest BCUT2D eigenvalue weighted by Crippen LogP contribution is -1.98. The second-order valence-electron chi connectivity index (χ2n) is 5.50. The predicted octanol–water partition coefficient (Wildman–Crippen LogP) is 5.16. The molecule has 7 heteroatoms. The summed E-state index contributed by atoms with van der Waals surface area (Å²) in [7, 11) is 0. The lowest BCUT2D eigenvalue weighted by Gasteiger charge is -2.08. The molecule has 3 aromatic rings. The zero-order valence-electron chi connectivity index (χ0n) is 14.0. The van der Waals surface area contributed by atoms with Crippen molar-refractivity contribution in [1.82, 2.24) is 9.97 Å². The van der Waals surface area contributed by atoms with Crippen molar-refractivity contribution in [3.8, 4) is 17.1 Å². The first-order valence-electron chi connectivity index (χ1n) is 7.78. The van der Waals surface area contributed by atoms with Crippen molar-refractivity contribution in [3.05, 3.63) is 84.7 Å². The molecule has 0 saturated heterocycles. The Bertz CT molecular complexity index is 1080. The molecule has 3 rings (SSSR count). The SMILES string of the molecule is C=C/C(F)=C(/Oc1ccc(-c2nc3c(C(=O)O)cccc3[nH]2)cc1)C(=C)F. The monoisotopic (exact) mass is 368 g/mol. The van der Waals surface area contributed by atoms with Crippen LogP contribution >= 0.6 is 0 Å². The van der Waals surface area contributed by atoms with E-state index in [1.807, 2.05) is 0 Å². The van der Waals surface area contributed by atoms with Crippen LogP contribution in [0.15, 0.2) is 79.1 Å². The molecule has 0 radical (unpaired) electrons. The summed E-state index contributed by atoms with van der Waals surface area (Å²) >= 11 is 0. The van der Waals surface area contributed by atoms with Crippen LogP contribution in [0.2, 0.25) is 0 Å². The first kappa shape index (κ1) is 18.1. The summed E-state index contributed by atoms with van der Waals surface area (Å²) in [5, 5.41) is 9.24. The van der Waals surface area contributed by atoms with Crippen molar-refractivity contribution >= 4 is 17.0 Å². The minimum Gasteiger partial charge on any atom is -0.478 e. The van der Waals surface area contributed by atoms with Crippen molar-refractivity contribution in [3.63, 3.8) is 0 Å². The Balaban J connectivity index is 1.93. The van der Waals surface area contributed by atoms with Crippen molar-refractivity contribution in [2.24, 2.45) is 0 Å². The molecule has 0 unspecified atom stereocenters. The van der Waals surface area contributed by atoms with Gasteiger partial charge in [0.1, 0.15) is 17.1 Å². The molecule has 1 heterocycles. The summed E-state index contributed by atoms with van der Waals surface area (Å²) in [4.78, 5) is 18.7. The second kappa shape index (κ2) is 7.25. The van der Waals surface area contributed by atoms with Gasteiger partial charge in [0.15, 0.2) is 17.4 Å². The highest BCUT2D eigenvalue weighted by Crippen LogP contribution is 2.27. The fourth-order valence-corrected chi connectivity index (χ4v) is 2.47. The van der Waals surface area contributed by atoms with Gasteiger partial charge in [-0.3, -0.25) is 0 Å². The molecule has 0 fully saturated rings. The first-order chi connectivity index (χ1) is 12.9. The normalized spacial score (nSPS) is 11.8. The number of H-pyrrole nitrogens is 1. The van der Waals surface area contributed by atoms with Crippen LogP contribution in [0.1, 0.15) is 10.4 Å². The van der Waals surface area contributed by atoms with Crippen molar-refractivity contribution in [2.75, 3.05) is 0 Å². The number of aromatic carboxylic acids is 1. The maximum Gasteiger partial charge on any atom is 0.337 e. The molecule has 136 valence electrons. The maximum absolute atomic E-state index is 13.6. The minimum atomic E-state index is -1.07. The Morgan fingerprint density at radius 1 is 1.19 bits per heavy atom. The van der Waals surface area contributed by atoms with Gasteiger partial charge in [0, 0.05) is 5.56 Å². The highest BCUT2D eigenvalue weighted by molar-refractivity contribution is 6.01. The van der Waals surface area contributed by atoms with E-state index < -0.39 is 23.4 Å². The smallest absolute Gasteiger partial charge is 0.337 e. The molecule has 0 aliphatic carbocycles. The molecule has 27 heavy (non-hydrogen) atoms. The fourth-order valence-electron chi connectivity index (χ4n) is 2.47. The quantitative estimate of drug-likeness (QED) is 0.466. The highest BCUT2D eigenvalue weighted by Gasteiger charge is 2.14. The number of hydrogen-bond donors (Lipinski definition) is 2. The first-order valence-corrected chi connectivity index (χ1v) is 7.78. The van der Waals surface area contributed by atoms with E-state index in [4.69, 9.17) is 4.74 Å². The third-order valence-electron chi connectivity index (χ3n) is 3.73. The van der Waals surface area contributed by atoms with E-state index in [9.17, 15) is 18.7 Å². The molecule has 2 N–H and O–H groups in total. The number of halogens is 2. The predicted molar refractivity (Wildman–Crippen MR) is 97.7 cm³/mol. The number of hydrogen-bond acceptors (Lipinski definition) is 3. The summed E-state index contributed by atoms with van der Waals surface area (Å²) in [6.07, 6.45) is 0.822. The van der Waals surface area contributed by atoms with Gasteiger partial charge < -0.3 is 14.8 Å². The molecule has 1 aromatic heterocycles. The molecule has 0 bridgehead atoms. The van der Waals surface area contributed by atoms with Gasteiger partial charge in [-0.2, -0.15) is 0 Å². The van der Waals surface area contributed by atoms with E-state index >= 15 is 0 Å². The average molecular weight is 368 g/mol. The molecule has 0 saturated carbocycles. The van der Waals surface area contributed by atoms with E-state index in [-0.39, 0.29) is 11.3 Å². The molecule has 0 amide bonds. The largest absolute Gasteiger partial charge is 0.478 e. The van der Waals surface area contributed by atoms with Crippen LogP contribution < -0.4 is 4.74 Å². The Hall–Kier alpha value is -3.74. The molecule has 0 atom stereocenters. The summed E-state index contributed by atoms with van der Waals surface area (Å²) in [6, 6.07) is 11.1. The number of carbonyl (C=O) groups is 1. The van der Waals surface area contributed by atoms with Crippen LogP contribution in [0.3, 0.4) is 0 Å². The molecular weight excluding hydrogens is 354 g/mol. The van der Waals surface area contributed by atoms with Crippen molar-refractivity contribution in [2.45, 2.75) is 0 Å². The van der Waals surface area contributed by atoms with Crippen molar-refractivity contribution < 1.29 is 23.4 Å². The molecular formula is C20H14F2N2O3. The van der Waals surface area contributed by atoms with Crippen LogP contribution in [-0.2, 0) is 0 Å². The van der Waals surface area contributed by atoms with Crippen LogP contribution in [0.4, 0.5) is 8.78 Å². The average Bonchev–Trinajstić information content (AvgIpc) is 3.09. The maximum atomic E-state index is 13.6. The molecule has 5 nitrogen and oxygen atoms in total. The number of benzene rings is 2. The molecule has 0 spiro atoms. The van der Waals surface area contributed by atoms with Gasteiger partial charge in [0.25, 0.3) is 0 Å². The number of nitrogens with zero attached hydrogens (tertiary/aromatic N) is 1. The Labute approximate surface area is 152 Å². The fraction of sp³-hybridized carbons (Fsp3) is 0. The summed E-state index contributed by atoms with van der Waals surface area (Å²) < 4.78 is 32.1. The number of rotatable bonds is 6. The number of aromatic nitrogens is 2. The lowest BCUT2D eigenvalue weighted by atomic mass is 10.2. The van der Waals surface area contributed by atoms with Gasteiger partial charge in [-0.15, -0.1) is 0 Å². The zero-order valence-corrected chi connectivity index (χ0v) is 14.0. The number of carboxylic acids is 1. The zero-order chi connectivity index (χ0) is 19.6. The second-order valence-corrected chi connectivity index (χ2v) is 5.50. The number of aromatic amines is 1. The Morgan fingerprint density at radius 2 is 1.89 bits per heavy atom. The third-order valence-corrected chi connectivity index (χ3v) is 3.73. The highest BCUT2D eigenvalue weighted by atomic mass is 19.1. The standard InChI is InChI=1S/C20H14F2N2O3/c1-3-15(22)18(11(2)21)27-13-9-7-12(8-10-13)19-23-16-6-4-5-14(20(25)26)17(16)24-19/h3-10H,1-2H2,(H,23,24)(H,25,26)/b18-15-. The number of allylic oxidation sites excluding steroid dienone is 3. The number of carboxylic acid groups (broad SMARTS) is 1. The summed E-state index contributed by atoms with van der Waals surface area (Å²) in [5.41, 5.74) is 1.65. The van der Waals surface area contributed by atoms with Crippen LogP contribution in [0.25, 0.3) is 22.4 Å². The summed E-state index contributed by atoms with van der Waals surface area (Å²) in [6.45, 7) is 6.26. The number of nitrogens with one attached hydrogen (secondary N) is 1. The van der Waals surface area contributed by atoms with Crippen LogP contribution in [0, 0.1) is 0 Å². The number of para-hydroxylation sites is 1. The third kappa shape index (κ3) is 3.62. The Morgan fingerprint density at radius 3 is 2.48 bits per heavy atom. The van der Waals surface area contributed by atoms with Gasteiger partial charge >= 0.3 is 5.97 Å². The van der Waals surface area contributed by atoms with E-state index in [0.29, 0.717) is 22.4 Å². The molecule has 2 aromatic carbocycles. The number of ether oxygens (including phenoxy) is 1. The van der Waals surface area contributed by atoms with Gasteiger partial charge in [0.2, 0.25) is 0 Å². The number of fused-ring (bicyclic) bond motifs is 1. The van der Waals surface area contributed by atoms with Gasteiger partial charge in [-0.05, 0) is 42.5 Å². The van der Waals surface area contributed by atoms with E-state index in [2.05, 4.69) is 23.1 Å². The van der Waals surface area contributed by atoms with Crippen molar-refractivity contribution in [1.29, 1.82) is 0 Å². The topological polar surface area (TPSA) is 75.2 Å². The van der Waals surface area contributed by atoms with E-state index in [1.54, 1.807) is 24.3 Å². The van der Waals surface area contributed by atoms with E-state index in [1.165, 1.54) is 18.2 Å². The van der Waals surface area contributed by atoms with Gasteiger partial charge in [-0.1, -0.05) is 19.2 Å². The van der Waals surface area contributed by atoms with Gasteiger partial charge in [-0.25, -0.2) is 18.6 Å².